The molecule has 0 bridgehead atoms. The summed E-state index contributed by atoms with van der Waals surface area (Å²) in [5.41, 5.74) is 3.84. The highest BCUT2D eigenvalue weighted by Gasteiger charge is 2.16. The van der Waals surface area contributed by atoms with Crippen LogP contribution >= 0.6 is 0 Å². The van der Waals surface area contributed by atoms with E-state index in [4.69, 9.17) is 0 Å². The van der Waals surface area contributed by atoms with E-state index < -0.39 is 10.0 Å². The molecule has 0 saturated heterocycles. The number of rotatable bonds is 7. The molecule has 0 aromatic heterocycles. The summed E-state index contributed by atoms with van der Waals surface area (Å²) in [7, 11) is -3.39. The first-order valence-corrected chi connectivity index (χ1v) is 10.4. The van der Waals surface area contributed by atoms with Crippen molar-refractivity contribution >= 4 is 10.0 Å². The van der Waals surface area contributed by atoms with Crippen molar-refractivity contribution in [1.29, 1.82) is 0 Å². The van der Waals surface area contributed by atoms with Crippen LogP contribution in [-0.2, 0) is 23.0 Å². The smallest absolute Gasteiger partial charge is 0.240 e. The van der Waals surface area contributed by atoms with Gasteiger partial charge in [-0.25, -0.2) is 13.1 Å². The van der Waals surface area contributed by atoms with Crippen molar-refractivity contribution < 1.29 is 8.42 Å². The minimum Gasteiger partial charge on any atom is -0.299 e. The van der Waals surface area contributed by atoms with Crippen molar-refractivity contribution in [2.45, 2.75) is 37.6 Å². The van der Waals surface area contributed by atoms with Crippen molar-refractivity contribution in [1.82, 2.24) is 9.62 Å². The normalized spacial score (nSPS) is 15.1. The van der Waals surface area contributed by atoms with Gasteiger partial charge in [-0.15, -0.1) is 0 Å². The molecule has 5 heteroatoms. The average molecular weight is 359 g/mol. The fraction of sp³-hybridized carbons (Fsp3) is 0.400. The molecule has 0 amide bonds. The second-order valence-corrected chi connectivity index (χ2v) is 8.48. The molecule has 2 aromatic carbocycles. The van der Waals surface area contributed by atoms with Gasteiger partial charge in [-0.05, 0) is 61.6 Å². The summed E-state index contributed by atoms with van der Waals surface area (Å²) in [6, 6.07) is 15.6. The minimum atomic E-state index is -3.39. The third-order valence-electron chi connectivity index (χ3n) is 4.70. The Morgan fingerprint density at radius 2 is 1.84 bits per heavy atom. The van der Waals surface area contributed by atoms with Crippen LogP contribution in [0.4, 0.5) is 0 Å². The molecule has 0 aliphatic carbocycles. The van der Waals surface area contributed by atoms with Crippen LogP contribution in [0.2, 0.25) is 0 Å². The van der Waals surface area contributed by atoms with Gasteiger partial charge < -0.3 is 0 Å². The molecular formula is C20H26N2O2S. The van der Waals surface area contributed by atoms with E-state index in [9.17, 15) is 8.42 Å². The summed E-state index contributed by atoms with van der Waals surface area (Å²) < 4.78 is 27.2. The van der Waals surface area contributed by atoms with E-state index in [1.807, 2.05) is 13.0 Å². The highest BCUT2D eigenvalue weighted by atomic mass is 32.2. The van der Waals surface area contributed by atoms with Crippen LogP contribution in [0.25, 0.3) is 0 Å². The maximum absolute atomic E-state index is 12.3. The first kappa shape index (κ1) is 18.1. The first-order valence-electron chi connectivity index (χ1n) is 8.90. The van der Waals surface area contributed by atoms with E-state index in [1.54, 1.807) is 18.2 Å². The fourth-order valence-electron chi connectivity index (χ4n) is 3.28. The van der Waals surface area contributed by atoms with Gasteiger partial charge in [0.25, 0.3) is 0 Å². The summed E-state index contributed by atoms with van der Waals surface area (Å²) in [5, 5.41) is 0. The summed E-state index contributed by atoms with van der Waals surface area (Å²) in [6.45, 7) is 5.49. The average Bonchev–Trinajstić information content (AvgIpc) is 2.61. The summed E-state index contributed by atoms with van der Waals surface area (Å²) in [4.78, 5) is 2.80. The molecule has 0 atom stereocenters. The van der Waals surface area contributed by atoms with Gasteiger partial charge in [0.05, 0.1) is 4.90 Å². The molecule has 1 heterocycles. The van der Waals surface area contributed by atoms with E-state index in [2.05, 4.69) is 33.9 Å². The third-order valence-corrected chi connectivity index (χ3v) is 6.16. The van der Waals surface area contributed by atoms with Gasteiger partial charge in [0.1, 0.15) is 0 Å². The molecule has 0 radical (unpaired) electrons. The highest BCUT2D eigenvalue weighted by molar-refractivity contribution is 7.89. The maximum atomic E-state index is 12.3. The van der Waals surface area contributed by atoms with Gasteiger partial charge in [-0.3, -0.25) is 4.90 Å². The van der Waals surface area contributed by atoms with Gasteiger partial charge in [0.2, 0.25) is 10.0 Å². The number of nitrogens with zero attached hydrogens (tertiary/aromatic N) is 1. The van der Waals surface area contributed by atoms with Crippen LogP contribution in [-0.4, -0.2) is 33.0 Å². The van der Waals surface area contributed by atoms with Crippen molar-refractivity contribution in [2.75, 3.05) is 19.6 Å². The molecular weight excluding hydrogens is 332 g/mol. The van der Waals surface area contributed by atoms with E-state index in [1.165, 1.54) is 11.1 Å². The maximum Gasteiger partial charge on any atom is 0.240 e. The number of nitrogens with one attached hydrogen (secondary N) is 1. The van der Waals surface area contributed by atoms with Gasteiger partial charge in [0, 0.05) is 19.6 Å². The Kier molecular flexibility index (Phi) is 5.89. The Bertz CT molecular complexity index is 818. The number of fused-ring (bicyclic) bond motifs is 1. The monoisotopic (exact) mass is 358 g/mol. The zero-order valence-corrected chi connectivity index (χ0v) is 15.6. The molecule has 1 N–H and O–H groups in total. The number of benzene rings is 2. The van der Waals surface area contributed by atoms with Crippen molar-refractivity contribution in [3.63, 3.8) is 0 Å². The Hall–Kier alpha value is -1.69. The molecule has 25 heavy (non-hydrogen) atoms. The Balaban J connectivity index is 1.41. The van der Waals surface area contributed by atoms with Crippen molar-refractivity contribution in [3.8, 4) is 0 Å². The number of hydrogen-bond acceptors (Lipinski definition) is 3. The largest absolute Gasteiger partial charge is 0.299 e. The Morgan fingerprint density at radius 1 is 1.04 bits per heavy atom. The molecule has 2 aromatic rings. The van der Waals surface area contributed by atoms with Crippen molar-refractivity contribution in [2.24, 2.45) is 0 Å². The van der Waals surface area contributed by atoms with E-state index in [-0.39, 0.29) is 0 Å². The molecule has 0 spiro atoms. The van der Waals surface area contributed by atoms with Crippen LogP contribution in [0.15, 0.2) is 53.4 Å². The SMILES string of the molecule is Cc1cccc(S(=O)(=O)NCCCCN2CCc3ccccc3C2)c1. The Morgan fingerprint density at radius 3 is 2.64 bits per heavy atom. The van der Waals surface area contributed by atoms with Crippen LogP contribution in [0.1, 0.15) is 29.5 Å². The molecule has 0 saturated carbocycles. The lowest BCUT2D eigenvalue weighted by atomic mass is 10.00. The number of hydrogen-bond donors (Lipinski definition) is 1. The standard InChI is InChI=1S/C20H26N2O2S/c1-17-7-6-10-20(15-17)25(23,24)21-12-4-5-13-22-14-11-18-8-2-3-9-19(18)16-22/h2-3,6-10,15,21H,4-5,11-14,16H2,1H3. The minimum absolute atomic E-state index is 0.347. The van der Waals surface area contributed by atoms with Crippen LogP contribution in [0.5, 0.6) is 0 Å². The number of unbranched alkanes of at least 4 members (excludes halogenated alkanes) is 1. The molecule has 1 aliphatic rings. The zero-order chi connectivity index (χ0) is 17.7. The predicted molar refractivity (Wildman–Crippen MR) is 101 cm³/mol. The summed E-state index contributed by atoms with van der Waals surface area (Å²) >= 11 is 0. The molecule has 3 rings (SSSR count). The van der Waals surface area contributed by atoms with Crippen molar-refractivity contribution in [3.05, 3.63) is 65.2 Å². The third kappa shape index (κ3) is 4.91. The number of aryl methyl sites for hydroxylation is 1. The van der Waals surface area contributed by atoms with Crippen LogP contribution < -0.4 is 4.72 Å². The van der Waals surface area contributed by atoms with Gasteiger partial charge in [-0.1, -0.05) is 36.4 Å². The second-order valence-electron chi connectivity index (χ2n) is 6.72. The van der Waals surface area contributed by atoms with Crippen LogP contribution in [0, 0.1) is 6.92 Å². The van der Waals surface area contributed by atoms with E-state index in [0.717, 1.165) is 44.5 Å². The lowest BCUT2D eigenvalue weighted by Crippen LogP contribution is -2.32. The quantitative estimate of drug-likeness (QED) is 0.774. The highest BCUT2D eigenvalue weighted by Crippen LogP contribution is 2.18. The summed E-state index contributed by atoms with van der Waals surface area (Å²) in [6.07, 6.45) is 2.96. The Labute approximate surface area is 150 Å². The zero-order valence-electron chi connectivity index (χ0n) is 14.7. The van der Waals surface area contributed by atoms with Gasteiger partial charge in [-0.2, -0.15) is 0 Å². The number of sulfonamides is 1. The lowest BCUT2D eigenvalue weighted by Gasteiger charge is -2.28. The molecule has 134 valence electrons. The fourth-order valence-corrected chi connectivity index (χ4v) is 4.46. The van der Waals surface area contributed by atoms with E-state index >= 15 is 0 Å². The molecule has 1 aliphatic heterocycles. The molecule has 4 nitrogen and oxygen atoms in total. The first-order chi connectivity index (χ1) is 12.0. The van der Waals surface area contributed by atoms with E-state index in [0.29, 0.717) is 11.4 Å². The van der Waals surface area contributed by atoms with Crippen LogP contribution in [0.3, 0.4) is 0 Å². The van der Waals surface area contributed by atoms with Gasteiger partial charge >= 0.3 is 0 Å². The predicted octanol–water partition coefficient (Wildman–Crippen LogP) is 3.11. The lowest BCUT2D eigenvalue weighted by molar-refractivity contribution is 0.249. The summed E-state index contributed by atoms with van der Waals surface area (Å²) in [5.74, 6) is 0. The topological polar surface area (TPSA) is 49.4 Å². The van der Waals surface area contributed by atoms with Gasteiger partial charge in [0.15, 0.2) is 0 Å². The molecule has 0 fully saturated rings. The molecule has 0 unspecified atom stereocenters. The second kappa shape index (κ2) is 8.13.